The number of benzene rings is 2. The number of hydrogen-bond donors (Lipinski definition) is 3. The van der Waals surface area contributed by atoms with Crippen molar-refractivity contribution in [2.24, 2.45) is 0 Å². The van der Waals surface area contributed by atoms with Gasteiger partial charge in [-0.15, -0.1) is 0 Å². The second-order valence-electron chi connectivity index (χ2n) is 5.89. The average molecular weight is 362 g/mol. The van der Waals surface area contributed by atoms with Crippen molar-refractivity contribution in [1.82, 2.24) is 5.32 Å². The van der Waals surface area contributed by atoms with Crippen LogP contribution in [0.1, 0.15) is 44.7 Å². The monoisotopic (exact) mass is 361 g/mol. The minimum atomic E-state index is -1.06. The van der Waals surface area contributed by atoms with Crippen LogP contribution in [0.15, 0.2) is 42.5 Å². The number of carbonyl (C=O) groups is 2. The Labute approximate surface area is 151 Å². The lowest BCUT2D eigenvalue weighted by molar-refractivity contribution is 0.0681. The number of carboxylic acids is 2. The molecule has 6 heteroatoms. The third kappa shape index (κ3) is 5.31. The summed E-state index contributed by atoms with van der Waals surface area (Å²) in [5.74, 6) is -1.55. The van der Waals surface area contributed by atoms with Crippen LogP contribution in [-0.4, -0.2) is 35.2 Å². The average Bonchev–Trinajstić information content (AvgIpc) is 2.77. The molecule has 0 fully saturated rings. The number of nitrogens with one attached hydrogen (secondary N) is 1. The van der Waals surface area contributed by atoms with E-state index in [1.165, 1.54) is 35.4 Å². The van der Waals surface area contributed by atoms with E-state index in [4.69, 9.17) is 21.8 Å². The van der Waals surface area contributed by atoms with Crippen molar-refractivity contribution >= 4 is 23.5 Å². The summed E-state index contributed by atoms with van der Waals surface area (Å²) in [5.41, 5.74) is 3.03. The van der Waals surface area contributed by atoms with Gasteiger partial charge in [0.25, 0.3) is 0 Å². The van der Waals surface area contributed by atoms with Crippen molar-refractivity contribution in [2.75, 3.05) is 13.1 Å². The topological polar surface area (TPSA) is 86.6 Å². The van der Waals surface area contributed by atoms with Crippen LogP contribution in [0.25, 0.3) is 0 Å². The molecule has 1 aliphatic rings. The standard InChI is InChI=1S/C11H14ClN.C8H6O4/c1-8-7-13-5-4-9-2-3-10(12)6-11(8)9;9-7(10)5-1-2-6(4-3-5)8(11)12/h2-3,6,8,13H,4-5,7H2,1H3;1-4H,(H,9,10)(H,11,12)/t8-;/m0./s1. The van der Waals surface area contributed by atoms with Gasteiger partial charge < -0.3 is 15.5 Å². The molecule has 0 amide bonds. The molecule has 0 saturated heterocycles. The summed E-state index contributed by atoms with van der Waals surface area (Å²) in [4.78, 5) is 20.7. The SMILES string of the molecule is C[C@H]1CNCCc2ccc(Cl)cc21.O=C(O)c1ccc(C(=O)O)cc1. The lowest BCUT2D eigenvalue weighted by atomic mass is 9.96. The first-order chi connectivity index (χ1) is 11.9. The molecular formula is C19H20ClNO4. The van der Waals surface area contributed by atoms with Gasteiger partial charge in [-0.1, -0.05) is 24.6 Å². The Morgan fingerprint density at radius 1 is 1.04 bits per heavy atom. The summed E-state index contributed by atoms with van der Waals surface area (Å²) in [5, 5.41) is 21.2. The summed E-state index contributed by atoms with van der Waals surface area (Å²) < 4.78 is 0. The maximum absolute atomic E-state index is 10.3. The first-order valence-corrected chi connectivity index (χ1v) is 8.32. The van der Waals surface area contributed by atoms with Crippen LogP contribution < -0.4 is 5.32 Å². The van der Waals surface area contributed by atoms with Crippen molar-refractivity contribution < 1.29 is 19.8 Å². The molecule has 25 heavy (non-hydrogen) atoms. The Balaban J connectivity index is 0.000000181. The first kappa shape index (κ1) is 19.0. The third-order valence-corrected chi connectivity index (χ3v) is 4.27. The maximum atomic E-state index is 10.3. The number of carboxylic acid groups (broad SMARTS) is 2. The van der Waals surface area contributed by atoms with Crippen LogP contribution in [0.5, 0.6) is 0 Å². The van der Waals surface area contributed by atoms with Crippen LogP contribution in [-0.2, 0) is 6.42 Å². The predicted octanol–water partition coefficient (Wildman–Crippen LogP) is 3.67. The van der Waals surface area contributed by atoms with Gasteiger partial charge in [0.15, 0.2) is 0 Å². The zero-order valence-electron chi connectivity index (χ0n) is 13.8. The predicted molar refractivity (Wildman–Crippen MR) is 96.8 cm³/mol. The van der Waals surface area contributed by atoms with E-state index in [1.54, 1.807) is 0 Å². The Bertz CT molecular complexity index is 726. The lowest BCUT2D eigenvalue weighted by Crippen LogP contribution is -2.18. The van der Waals surface area contributed by atoms with Crippen molar-refractivity contribution in [3.63, 3.8) is 0 Å². The fraction of sp³-hybridized carbons (Fsp3) is 0.263. The molecule has 0 spiro atoms. The molecule has 2 aromatic rings. The molecule has 0 aliphatic carbocycles. The minimum absolute atomic E-state index is 0.0833. The zero-order chi connectivity index (χ0) is 18.4. The van der Waals surface area contributed by atoms with Gasteiger partial charge in [0, 0.05) is 11.6 Å². The van der Waals surface area contributed by atoms with Gasteiger partial charge >= 0.3 is 11.9 Å². The third-order valence-electron chi connectivity index (χ3n) is 4.04. The summed E-state index contributed by atoms with van der Waals surface area (Å²) in [6.45, 7) is 4.39. The molecular weight excluding hydrogens is 342 g/mol. The number of hydrogen-bond acceptors (Lipinski definition) is 3. The second-order valence-corrected chi connectivity index (χ2v) is 6.32. The van der Waals surface area contributed by atoms with E-state index < -0.39 is 11.9 Å². The molecule has 1 atom stereocenters. The van der Waals surface area contributed by atoms with Gasteiger partial charge in [0.05, 0.1) is 11.1 Å². The highest BCUT2D eigenvalue weighted by Gasteiger charge is 2.14. The van der Waals surface area contributed by atoms with E-state index in [0.29, 0.717) is 5.92 Å². The van der Waals surface area contributed by atoms with Gasteiger partial charge in [-0.3, -0.25) is 0 Å². The second kappa shape index (κ2) is 8.65. The van der Waals surface area contributed by atoms with Crippen molar-refractivity contribution in [2.45, 2.75) is 19.3 Å². The molecule has 132 valence electrons. The fourth-order valence-electron chi connectivity index (χ4n) is 2.66. The number of aromatic carboxylic acids is 2. The minimum Gasteiger partial charge on any atom is -0.478 e. The highest BCUT2D eigenvalue weighted by atomic mass is 35.5. The van der Waals surface area contributed by atoms with Gasteiger partial charge in [-0.2, -0.15) is 0 Å². The molecule has 1 aliphatic heterocycles. The normalized spacial score (nSPS) is 16.0. The zero-order valence-corrected chi connectivity index (χ0v) is 14.6. The highest BCUT2D eigenvalue weighted by molar-refractivity contribution is 6.30. The fourth-order valence-corrected chi connectivity index (χ4v) is 2.84. The van der Waals surface area contributed by atoms with Gasteiger partial charge in [-0.25, -0.2) is 9.59 Å². The molecule has 0 aromatic heterocycles. The van der Waals surface area contributed by atoms with Crippen LogP contribution in [0.2, 0.25) is 5.02 Å². The van der Waals surface area contributed by atoms with E-state index in [2.05, 4.69) is 24.4 Å². The molecule has 3 rings (SSSR count). The van der Waals surface area contributed by atoms with E-state index in [-0.39, 0.29) is 11.1 Å². The highest BCUT2D eigenvalue weighted by Crippen LogP contribution is 2.25. The molecule has 2 aromatic carbocycles. The Hall–Kier alpha value is -2.37. The number of rotatable bonds is 2. The molecule has 5 nitrogen and oxygen atoms in total. The lowest BCUT2D eigenvalue weighted by Gasteiger charge is -2.11. The molecule has 0 saturated carbocycles. The van der Waals surface area contributed by atoms with Crippen molar-refractivity contribution in [3.8, 4) is 0 Å². The molecule has 0 radical (unpaired) electrons. The molecule has 0 bridgehead atoms. The summed E-state index contributed by atoms with van der Waals surface area (Å²) in [7, 11) is 0. The smallest absolute Gasteiger partial charge is 0.335 e. The Kier molecular flexibility index (Phi) is 6.56. The maximum Gasteiger partial charge on any atom is 0.335 e. The largest absolute Gasteiger partial charge is 0.478 e. The van der Waals surface area contributed by atoms with Crippen molar-refractivity contribution in [3.05, 3.63) is 69.7 Å². The summed E-state index contributed by atoms with van der Waals surface area (Å²) in [6, 6.07) is 11.3. The molecule has 3 N–H and O–H groups in total. The van der Waals surface area contributed by atoms with Gasteiger partial charge in [-0.05, 0) is 66.4 Å². The van der Waals surface area contributed by atoms with Crippen LogP contribution in [0.4, 0.5) is 0 Å². The number of halogens is 1. The van der Waals surface area contributed by atoms with Crippen LogP contribution >= 0.6 is 11.6 Å². The Morgan fingerprint density at radius 2 is 1.60 bits per heavy atom. The number of fused-ring (bicyclic) bond motifs is 1. The molecule has 0 unspecified atom stereocenters. The van der Waals surface area contributed by atoms with Gasteiger partial charge in [0.1, 0.15) is 0 Å². The van der Waals surface area contributed by atoms with E-state index in [9.17, 15) is 9.59 Å². The van der Waals surface area contributed by atoms with Crippen LogP contribution in [0, 0.1) is 0 Å². The summed E-state index contributed by atoms with van der Waals surface area (Å²) >= 11 is 5.97. The van der Waals surface area contributed by atoms with Crippen LogP contribution in [0.3, 0.4) is 0 Å². The van der Waals surface area contributed by atoms with Gasteiger partial charge in [0.2, 0.25) is 0 Å². The first-order valence-electron chi connectivity index (χ1n) is 7.94. The summed E-state index contributed by atoms with van der Waals surface area (Å²) in [6.07, 6.45) is 1.12. The van der Waals surface area contributed by atoms with E-state index >= 15 is 0 Å². The Morgan fingerprint density at radius 3 is 2.12 bits per heavy atom. The molecule has 1 heterocycles. The van der Waals surface area contributed by atoms with E-state index in [1.807, 2.05) is 6.07 Å². The van der Waals surface area contributed by atoms with E-state index in [0.717, 1.165) is 24.5 Å². The van der Waals surface area contributed by atoms with Crippen molar-refractivity contribution in [1.29, 1.82) is 0 Å². The quantitative estimate of drug-likeness (QED) is 0.759.